The van der Waals surface area contributed by atoms with Crippen LogP contribution in [0.2, 0.25) is 6.32 Å². The number of carbonyl (C=O) groups excluding carboxylic acids is 1. The van der Waals surface area contributed by atoms with Crippen molar-refractivity contribution in [2.24, 2.45) is 17.3 Å². The predicted octanol–water partition coefficient (Wildman–Crippen LogP) is 4.83. The second kappa shape index (κ2) is 7.12. The molecule has 1 heterocycles. The SMILES string of the molecule is C[C@@H]1CC[C@@H](CCB2OC(C)(C)C(C)(C)O2)C[C@]1(C)C(=O)NC(C)(C)C. The molecule has 0 unspecified atom stereocenters. The Balaban J connectivity index is 1.95. The first-order valence-corrected chi connectivity index (χ1v) is 10.3. The highest BCUT2D eigenvalue weighted by Gasteiger charge is 2.51. The van der Waals surface area contributed by atoms with Crippen LogP contribution in [0.15, 0.2) is 0 Å². The van der Waals surface area contributed by atoms with Gasteiger partial charge >= 0.3 is 7.12 Å². The van der Waals surface area contributed by atoms with Crippen molar-refractivity contribution in [2.45, 2.75) is 111 Å². The predicted molar refractivity (Wildman–Crippen MR) is 108 cm³/mol. The Morgan fingerprint density at radius 2 is 1.62 bits per heavy atom. The molecule has 0 spiro atoms. The number of nitrogens with one attached hydrogen (secondary N) is 1. The maximum absolute atomic E-state index is 13.0. The lowest BCUT2D eigenvalue weighted by molar-refractivity contribution is -0.137. The molecule has 0 aromatic carbocycles. The van der Waals surface area contributed by atoms with E-state index in [1.807, 2.05) is 0 Å². The minimum Gasteiger partial charge on any atom is -0.403 e. The maximum atomic E-state index is 13.0. The molecule has 2 rings (SSSR count). The van der Waals surface area contributed by atoms with E-state index in [0.717, 1.165) is 25.6 Å². The van der Waals surface area contributed by atoms with E-state index >= 15 is 0 Å². The monoisotopic (exact) mass is 365 g/mol. The number of rotatable bonds is 4. The van der Waals surface area contributed by atoms with Gasteiger partial charge in [-0.15, -0.1) is 0 Å². The molecule has 0 bridgehead atoms. The summed E-state index contributed by atoms with van der Waals surface area (Å²) in [6.45, 7) is 18.9. The summed E-state index contributed by atoms with van der Waals surface area (Å²) in [5.41, 5.74) is -0.999. The molecule has 2 aliphatic rings. The zero-order valence-corrected chi connectivity index (χ0v) is 18.5. The standard InChI is InChI=1S/C21H40BNO3/c1-15-10-11-16(14-21(15,9)17(24)23-18(2,3)4)12-13-22-25-19(5,6)20(7,8)26-22/h15-16H,10-14H2,1-9H3,(H,23,24)/t15-,16+,21+/m1/s1. The van der Waals surface area contributed by atoms with Crippen LogP contribution in [0, 0.1) is 17.3 Å². The largest absolute Gasteiger partial charge is 0.457 e. The van der Waals surface area contributed by atoms with Gasteiger partial charge in [0.1, 0.15) is 0 Å². The summed E-state index contributed by atoms with van der Waals surface area (Å²) in [6.07, 6.45) is 5.22. The third-order valence-corrected chi connectivity index (χ3v) is 6.93. The first-order valence-electron chi connectivity index (χ1n) is 10.3. The Labute approximate surface area is 161 Å². The van der Waals surface area contributed by atoms with E-state index in [9.17, 15) is 4.79 Å². The topological polar surface area (TPSA) is 47.6 Å². The molecule has 150 valence electrons. The van der Waals surface area contributed by atoms with Crippen molar-refractivity contribution < 1.29 is 14.1 Å². The summed E-state index contributed by atoms with van der Waals surface area (Å²) < 4.78 is 12.3. The van der Waals surface area contributed by atoms with Crippen molar-refractivity contribution in [1.82, 2.24) is 5.32 Å². The molecular weight excluding hydrogens is 325 g/mol. The van der Waals surface area contributed by atoms with Crippen molar-refractivity contribution in [3.63, 3.8) is 0 Å². The number of carbonyl (C=O) groups is 1. The summed E-state index contributed by atoms with van der Waals surface area (Å²) >= 11 is 0. The maximum Gasteiger partial charge on any atom is 0.457 e. The molecule has 5 heteroatoms. The summed E-state index contributed by atoms with van der Waals surface area (Å²) in [7, 11) is -0.131. The minimum absolute atomic E-state index is 0.131. The molecule has 0 radical (unpaired) electrons. The van der Waals surface area contributed by atoms with Crippen molar-refractivity contribution in [1.29, 1.82) is 0 Å². The minimum atomic E-state index is -0.286. The number of amides is 1. The van der Waals surface area contributed by atoms with Gasteiger partial charge in [-0.05, 0) is 79.5 Å². The Kier molecular flexibility index (Phi) is 5.96. The molecule has 1 amide bonds. The first-order chi connectivity index (χ1) is 11.7. The fourth-order valence-electron chi connectivity index (χ4n) is 4.21. The molecule has 4 nitrogen and oxygen atoms in total. The highest BCUT2D eigenvalue weighted by atomic mass is 16.7. The average molecular weight is 365 g/mol. The van der Waals surface area contributed by atoms with Gasteiger partial charge in [0.05, 0.1) is 11.2 Å². The van der Waals surface area contributed by atoms with Gasteiger partial charge in [0.2, 0.25) is 5.91 Å². The van der Waals surface area contributed by atoms with Gasteiger partial charge in [-0.1, -0.05) is 26.7 Å². The lowest BCUT2D eigenvalue weighted by atomic mass is 9.62. The van der Waals surface area contributed by atoms with Crippen LogP contribution >= 0.6 is 0 Å². The normalized spacial score (nSPS) is 34.0. The molecular formula is C21H40BNO3. The summed E-state index contributed by atoms with van der Waals surface area (Å²) in [5, 5.41) is 3.21. The van der Waals surface area contributed by atoms with Crippen LogP contribution in [0.4, 0.5) is 0 Å². The van der Waals surface area contributed by atoms with E-state index in [1.54, 1.807) is 0 Å². The molecule has 0 aromatic rings. The van der Waals surface area contributed by atoms with Crippen LogP contribution in [-0.4, -0.2) is 29.8 Å². The molecule has 0 aromatic heterocycles. The summed E-state index contributed by atoms with van der Waals surface area (Å²) in [6, 6.07) is 0. The Morgan fingerprint density at radius 1 is 1.08 bits per heavy atom. The van der Waals surface area contributed by atoms with Crippen LogP contribution in [0.3, 0.4) is 0 Å². The zero-order valence-electron chi connectivity index (χ0n) is 18.5. The molecule has 26 heavy (non-hydrogen) atoms. The summed E-state index contributed by atoms with van der Waals surface area (Å²) in [5.74, 6) is 1.18. The average Bonchev–Trinajstić information content (AvgIpc) is 2.66. The smallest absolute Gasteiger partial charge is 0.403 e. The van der Waals surface area contributed by atoms with Crippen LogP contribution in [0.1, 0.15) is 88.0 Å². The second-order valence-electron chi connectivity index (χ2n) is 10.9. The van der Waals surface area contributed by atoms with Gasteiger partial charge in [-0.2, -0.15) is 0 Å². The van der Waals surface area contributed by atoms with Crippen molar-refractivity contribution in [2.75, 3.05) is 0 Å². The lowest BCUT2D eigenvalue weighted by Gasteiger charge is -2.43. The third-order valence-electron chi connectivity index (χ3n) is 6.93. The van der Waals surface area contributed by atoms with Crippen LogP contribution in [0.5, 0.6) is 0 Å². The zero-order chi connectivity index (χ0) is 20.0. The molecule has 1 aliphatic heterocycles. The van der Waals surface area contributed by atoms with Gasteiger partial charge in [0.25, 0.3) is 0 Å². The Bertz CT molecular complexity index is 510. The fraction of sp³-hybridized carbons (Fsp3) is 0.952. The molecule has 1 saturated heterocycles. The van der Waals surface area contributed by atoms with Gasteiger partial charge < -0.3 is 14.6 Å². The van der Waals surface area contributed by atoms with Crippen molar-refractivity contribution >= 4 is 13.0 Å². The third kappa shape index (κ3) is 4.65. The molecule has 1 saturated carbocycles. The van der Waals surface area contributed by atoms with Gasteiger partial charge in [0, 0.05) is 11.0 Å². The van der Waals surface area contributed by atoms with E-state index in [0.29, 0.717) is 11.8 Å². The first kappa shape index (κ1) is 21.8. The van der Waals surface area contributed by atoms with E-state index < -0.39 is 0 Å². The quantitative estimate of drug-likeness (QED) is 0.726. The van der Waals surface area contributed by atoms with E-state index in [-0.39, 0.29) is 35.2 Å². The number of hydrogen-bond donors (Lipinski definition) is 1. The van der Waals surface area contributed by atoms with Gasteiger partial charge in [-0.3, -0.25) is 4.79 Å². The Hall–Kier alpha value is -0.545. The molecule has 1 N–H and O–H groups in total. The van der Waals surface area contributed by atoms with Gasteiger partial charge in [0.15, 0.2) is 0 Å². The van der Waals surface area contributed by atoms with Crippen molar-refractivity contribution in [3.05, 3.63) is 0 Å². The van der Waals surface area contributed by atoms with Crippen LogP contribution in [-0.2, 0) is 14.1 Å². The lowest BCUT2D eigenvalue weighted by Crippen LogP contribution is -2.52. The number of hydrogen-bond acceptors (Lipinski definition) is 3. The van der Waals surface area contributed by atoms with Crippen LogP contribution < -0.4 is 5.32 Å². The summed E-state index contributed by atoms with van der Waals surface area (Å²) in [4.78, 5) is 13.0. The Morgan fingerprint density at radius 3 is 2.12 bits per heavy atom. The molecule has 3 atom stereocenters. The highest BCUT2D eigenvalue weighted by Crippen LogP contribution is 2.46. The molecule has 2 fully saturated rings. The van der Waals surface area contributed by atoms with Gasteiger partial charge in [-0.25, -0.2) is 0 Å². The highest BCUT2D eigenvalue weighted by molar-refractivity contribution is 6.45. The van der Waals surface area contributed by atoms with E-state index in [1.165, 1.54) is 6.42 Å². The van der Waals surface area contributed by atoms with Crippen LogP contribution in [0.25, 0.3) is 0 Å². The molecule has 1 aliphatic carbocycles. The van der Waals surface area contributed by atoms with Crippen molar-refractivity contribution in [3.8, 4) is 0 Å². The second-order valence-corrected chi connectivity index (χ2v) is 10.9. The van der Waals surface area contributed by atoms with E-state index in [2.05, 4.69) is 67.6 Å². The fourth-order valence-corrected chi connectivity index (χ4v) is 4.21. The van der Waals surface area contributed by atoms with E-state index in [4.69, 9.17) is 9.31 Å².